The number of urea groups is 1. The second-order valence-corrected chi connectivity index (χ2v) is 7.19. The van der Waals surface area contributed by atoms with Crippen LogP contribution in [-0.4, -0.2) is 17.7 Å². The van der Waals surface area contributed by atoms with E-state index in [0.717, 1.165) is 16.7 Å². The molecule has 0 fully saturated rings. The maximum absolute atomic E-state index is 11.9. The van der Waals surface area contributed by atoms with E-state index in [-0.39, 0.29) is 12.6 Å². The molecule has 0 saturated carbocycles. The number of aliphatic hydroxyl groups is 1. The summed E-state index contributed by atoms with van der Waals surface area (Å²) in [6.07, 6.45) is -0.756. The molecule has 0 saturated heterocycles. The molecular weight excluding hydrogens is 368 g/mol. The molecule has 0 aliphatic carbocycles. The summed E-state index contributed by atoms with van der Waals surface area (Å²) in [6, 6.07) is 18.7. The number of amides is 2. The molecule has 0 spiro atoms. The SMILES string of the molecule is O=C(NCc1ccc(Cl)cc1)NCC(O)c1ccc(-c2cccs2)cc1. The quantitative estimate of drug-likeness (QED) is 0.579. The average Bonchev–Trinajstić information content (AvgIpc) is 3.20. The van der Waals surface area contributed by atoms with Crippen molar-refractivity contribution in [1.29, 1.82) is 0 Å². The van der Waals surface area contributed by atoms with Gasteiger partial charge in [0.1, 0.15) is 0 Å². The van der Waals surface area contributed by atoms with E-state index < -0.39 is 6.10 Å². The lowest BCUT2D eigenvalue weighted by Gasteiger charge is -2.13. The Labute approximate surface area is 161 Å². The predicted octanol–water partition coefficient (Wildman–Crippen LogP) is 4.60. The lowest BCUT2D eigenvalue weighted by molar-refractivity contribution is 0.173. The number of nitrogens with one attached hydrogen (secondary N) is 2. The first-order valence-corrected chi connectivity index (χ1v) is 9.45. The topological polar surface area (TPSA) is 61.4 Å². The van der Waals surface area contributed by atoms with Gasteiger partial charge in [0.15, 0.2) is 0 Å². The van der Waals surface area contributed by atoms with Crippen molar-refractivity contribution < 1.29 is 9.90 Å². The Kier molecular flexibility index (Phi) is 6.28. The zero-order valence-electron chi connectivity index (χ0n) is 14.0. The van der Waals surface area contributed by atoms with Crippen molar-refractivity contribution >= 4 is 29.0 Å². The lowest BCUT2D eigenvalue weighted by atomic mass is 10.1. The average molecular weight is 387 g/mol. The van der Waals surface area contributed by atoms with Crippen molar-refractivity contribution in [2.45, 2.75) is 12.6 Å². The van der Waals surface area contributed by atoms with E-state index in [4.69, 9.17) is 11.6 Å². The van der Waals surface area contributed by atoms with Gasteiger partial charge in [-0.3, -0.25) is 0 Å². The Morgan fingerprint density at radius 1 is 1.04 bits per heavy atom. The summed E-state index contributed by atoms with van der Waals surface area (Å²) in [7, 11) is 0. The highest BCUT2D eigenvalue weighted by molar-refractivity contribution is 7.13. The van der Waals surface area contributed by atoms with Gasteiger partial charge in [0, 0.05) is 23.0 Å². The van der Waals surface area contributed by atoms with Gasteiger partial charge in [-0.2, -0.15) is 0 Å². The van der Waals surface area contributed by atoms with Crippen LogP contribution in [0.4, 0.5) is 4.79 Å². The molecule has 0 radical (unpaired) electrons. The molecule has 1 aromatic heterocycles. The number of hydrogen-bond donors (Lipinski definition) is 3. The van der Waals surface area contributed by atoms with Crippen LogP contribution in [-0.2, 0) is 6.54 Å². The second kappa shape index (κ2) is 8.85. The van der Waals surface area contributed by atoms with Crippen LogP contribution in [0.5, 0.6) is 0 Å². The Balaban J connectivity index is 1.46. The van der Waals surface area contributed by atoms with Gasteiger partial charge in [0.25, 0.3) is 0 Å². The van der Waals surface area contributed by atoms with Crippen LogP contribution in [0, 0.1) is 0 Å². The number of carbonyl (C=O) groups is 1. The largest absolute Gasteiger partial charge is 0.387 e. The van der Waals surface area contributed by atoms with Gasteiger partial charge in [0.05, 0.1) is 6.10 Å². The summed E-state index contributed by atoms with van der Waals surface area (Å²) >= 11 is 7.50. The number of halogens is 1. The number of benzene rings is 2. The minimum atomic E-state index is -0.756. The van der Waals surface area contributed by atoms with E-state index >= 15 is 0 Å². The molecule has 6 heteroatoms. The Bertz CT molecular complexity index is 833. The van der Waals surface area contributed by atoms with Gasteiger partial charge >= 0.3 is 6.03 Å². The number of rotatable bonds is 6. The molecule has 26 heavy (non-hydrogen) atoms. The minimum Gasteiger partial charge on any atom is -0.387 e. The summed E-state index contributed by atoms with van der Waals surface area (Å²) in [5, 5.41) is 18.4. The van der Waals surface area contributed by atoms with Crippen LogP contribution in [0.1, 0.15) is 17.2 Å². The van der Waals surface area contributed by atoms with Gasteiger partial charge in [-0.15, -0.1) is 11.3 Å². The predicted molar refractivity (Wildman–Crippen MR) is 106 cm³/mol. The fourth-order valence-corrected chi connectivity index (χ4v) is 3.33. The first-order chi connectivity index (χ1) is 12.6. The van der Waals surface area contributed by atoms with Crippen LogP contribution in [0.15, 0.2) is 66.0 Å². The molecule has 2 aromatic carbocycles. The zero-order valence-corrected chi connectivity index (χ0v) is 15.6. The van der Waals surface area contributed by atoms with Gasteiger partial charge in [-0.1, -0.05) is 54.1 Å². The molecule has 3 rings (SSSR count). The molecule has 4 nitrogen and oxygen atoms in total. The maximum atomic E-state index is 11.9. The molecule has 3 N–H and O–H groups in total. The third kappa shape index (κ3) is 5.08. The molecule has 0 aliphatic heterocycles. The van der Waals surface area contributed by atoms with Crippen LogP contribution < -0.4 is 10.6 Å². The monoisotopic (exact) mass is 386 g/mol. The standard InChI is InChI=1S/C20H19ClN2O2S/c21-17-9-3-14(4-10-17)12-22-20(25)23-13-18(24)15-5-7-16(8-6-15)19-2-1-11-26-19/h1-11,18,24H,12-13H2,(H2,22,23,25). The highest BCUT2D eigenvalue weighted by atomic mass is 35.5. The molecule has 0 bridgehead atoms. The smallest absolute Gasteiger partial charge is 0.315 e. The van der Waals surface area contributed by atoms with Crippen LogP contribution in [0.2, 0.25) is 5.02 Å². The van der Waals surface area contributed by atoms with E-state index in [9.17, 15) is 9.90 Å². The van der Waals surface area contributed by atoms with E-state index in [1.807, 2.05) is 47.8 Å². The van der Waals surface area contributed by atoms with Crippen molar-refractivity contribution in [3.63, 3.8) is 0 Å². The van der Waals surface area contributed by atoms with E-state index in [1.165, 1.54) is 4.88 Å². The minimum absolute atomic E-state index is 0.144. The molecule has 1 atom stereocenters. The zero-order chi connectivity index (χ0) is 18.4. The van der Waals surface area contributed by atoms with E-state index in [0.29, 0.717) is 11.6 Å². The Hall–Kier alpha value is -2.34. The highest BCUT2D eigenvalue weighted by Crippen LogP contribution is 2.25. The van der Waals surface area contributed by atoms with Crippen molar-refractivity contribution in [2.24, 2.45) is 0 Å². The molecular formula is C20H19ClN2O2S. The summed E-state index contributed by atoms with van der Waals surface area (Å²) in [5.41, 5.74) is 2.84. The maximum Gasteiger partial charge on any atom is 0.315 e. The van der Waals surface area contributed by atoms with Gasteiger partial charge in [-0.05, 0) is 40.3 Å². The summed E-state index contributed by atoms with van der Waals surface area (Å²) < 4.78 is 0. The Morgan fingerprint density at radius 2 is 1.77 bits per heavy atom. The molecule has 3 aromatic rings. The van der Waals surface area contributed by atoms with Crippen molar-refractivity contribution in [3.05, 3.63) is 82.2 Å². The van der Waals surface area contributed by atoms with Crippen molar-refractivity contribution in [3.8, 4) is 10.4 Å². The number of aliphatic hydroxyl groups excluding tert-OH is 1. The Morgan fingerprint density at radius 3 is 2.42 bits per heavy atom. The van der Waals surface area contributed by atoms with Crippen molar-refractivity contribution in [1.82, 2.24) is 10.6 Å². The van der Waals surface area contributed by atoms with Gasteiger partial charge in [-0.25, -0.2) is 4.79 Å². The normalized spacial score (nSPS) is 11.8. The van der Waals surface area contributed by atoms with Crippen LogP contribution in [0.25, 0.3) is 10.4 Å². The summed E-state index contributed by atoms with van der Waals surface area (Å²) in [6.45, 7) is 0.541. The number of carbonyl (C=O) groups excluding carboxylic acids is 1. The first-order valence-electron chi connectivity index (χ1n) is 8.20. The third-order valence-electron chi connectivity index (χ3n) is 3.92. The third-order valence-corrected chi connectivity index (χ3v) is 5.09. The van der Waals surface area contributed by atoms with Crippen LogP contribution >= 0.6 is 22.9 Å². The van der Waals surface area contributed by atoms with Gasteiger partial charge in [0.2, 0.25) is 0 Å². The molecule has 2 amide bonds. The fraction of sp³-hybridized carbons (Fsp3) is 0.150. The molecule has 134 valence electrons. The number of thiophene rings is 1. The molecule has 0 aliphatic rings. The highest BCUT2D eigenvalue weighted by Gasteiger charge is 2.10. The van der Waals surface area contributed by atoms with Crippen LogP contribution in [0.3, 0.4) is 0 Å². The van der Waals surface area contributed by atoms with E-state index in [1.54, 1.807) is 23.5 Å². The molecule has 1 heterocycles. The number of hydrogen-bond acceptors (Lipinski definition) is 3. The van der Waals surface area contributed by atoms with Crippen molar-refractivity contribution in [2.75, 3.05) is 6.54 Å². The van der Waals surface area contributed by atoms with E-state index in [2.05, 4.69) is 16.7 Å². The molecule has 1 unspecified atom stereocenters. The summed E-state index contributed by atoms with van der Waals surface area (Å²) in [5.74, 6) is 0. The lowest BCUT2D eigenvalue weighted by Crippen LogP contribution is -2.37. The summed E-state index contributed by atoms with van der Waals surface area (Å²) in [4.78, 5) is 13.1. The first kappa shape index (κ1) is 18.5. The van der Waals surface area contributed by atoms with Gasteiger partial charge < -0.3 is 15.7 Å². The fourth-order valence-electron chi connectivity index (χ4n) is 2.47. The second-order valence-electron chi connectivity index (χ2n) is 5.81.